The summed E-state index contributed by atoms with van der Waals surface area (Å²) in [6, 6.07) is 11.3. The molecule has 7 nitrogen and oxygen atoms in total. The van der Waals surface area contributed by atoms with Gasteiger partial charge in [-0.3, -0.25) is 9.59 Å². The zero-order chi connectivity index (χ0) is 24.0. The topological polar surface area (TPSA) is 78.0 Å². The number of fused-ring (bicyclic) bond motifs is 2. The molecule has 34 heavy (non-hydrogen) atoms. The van der Waals surface area contributed by atoms with E-state index in [1.807, 2.05) is 35.2 Å². The number of piperidine rings is 1. The highest BCUT2D eigenvalue weighted by molar-refractivity contribution is 9.10. The maximum atomic E-state index is 13.7. The van der Waals surface area contributed by atoms with Crippen LogP contribution in [0.3, 0.4) is 0 Å². The number of benzene rings is 2. The molecule has 1 saturated heterocycles. The summed E-state index contributed by atoms with van der Waals surface area (Å²) in [7, 11) is -3.84. The van der Waals surface area contributed by atoms with Crippen LogP contribution < -0.4 is 9.80 Å². The van der Waals surface area contributed by atoms with E-state index in [0.717, 1.165) is 23.2 Å². The Kier molecular flexibility index (Phi) is 6.29. The Morgan fingerprint density at radius 3 is 2.53 bits per heavy atom. The molecule has 0 spiro atoms. The first-order valence-corrected chi connectivity index (χ1v) is 14.1. The molecule has 0 aromatic heterocycles. The molecule has 0 saturated carbocycles. The lowest BCUT2D eigenvalue weighted by Crippen LogP contribution is -2.46. The van der Waals surface area contributed by atoms with Gasteiger partial charge >= 0.3 is 0 Å². The van der Waals surface area contributed by atoms with E-state index < -0.39 is 10.0 Å². The quantitative estimate of drug-likeness (QED) is 0.586. The van der Waals surface area contributed by atoms with Gasteiger partial charge in [0.2, 0.25) is 21.8 Å². The van der Waals surface area contributed by atoms with Crippen molar-refractivity contribution in [3.63, 3.8) is 0 Å². The highest BCUT2D eigenvalue weighted by atomic mass is 79.9. The van der Waals surface area contributed by atoms with E-state index >= 15 is 0 Å². The molecule has 0 radical (unpaired) electrons. The molecule has 2 amide bonds. The molecule has 3 aliphatic heterocycles. The van der Waals surface area contributed by atoms with Crippen molar-refractivity contribution in [3.8, 4) is 0 Å². The average molecular weight is 546 g/mol. The molecule has 0 unspecified atom stereocenters. The van der Waals surface area contributed by atoms with Crippen LogP contribution in [0.1, 0.15) is 37.3 Å². The molecule has 0 aliphatic carbocycles. The Morgan fingerprint density at radius 1 is 1.00 bits per heavy atom. The Labute approximate surface area is 208 Å². The second kappa shape index (κ2) is 9.09. The molecule has 2 aromatic carbocycles. The first-order chi connectivity index (χ1) is 16.3. The predicted molar refractivity (Wildman–Crippen MR) is 134 cm³/mol. The lowest BCUT2D eigenvalue weighted by Gasteiger charge is -2.33. The summed E-state index contributed by atoms with van der Waals surface area (Å²) in [6.45, 7) is 3.56. The van der Waals surface area contributed by atoms with Crippen molar-refractivity contribution in [1.29, 1.82) is 0 Å². The molecular weight excluding hydrogens is 518 g/mol. The van der Waals surface area contributed by atoms with Crippen molar-refractivity contribution in [2.75, 3.05) is 36.0 Å². The Balaban J connectivity index is 1.40. The Hall–Kier alpha value is -2.23. The predicted octanol–water partition coefficient (Wildman–Crippen LogP) is 3.74. The van der Waals surface area contributed by atoms with Crippen LogP contribution in [-0.4, -0.2) is 50.7 Å². The van der Waals surface area contributed by atoms with Gasteiger partial charge in [0, 0.05) is 48.4 Å². The van der Waals surface area contributed by atoms with Gasteiger partial charge in [0.25, 0.3) is 0 Å². The fraction of sp³-hybridized carbons (Fsp3) is 0.440. The minimum Gasteiger partial charge on any atom is -0.312 e. The van der Waals surface area contributed by atoms with Crippen LogP contribution in [0.2, 0.25) is 0 Å². The molecular formula is C25H28BrN3O4S. The van der Waals surface area contributed by atoms with Crippen LogP contribution in [0.15, 0.2) is 45.8 Å². The molecule has 3 heterocycles. The van der Waals surface area contributed by atoms with Gasteiger partial charge < -0.3 is 9.80 Å². The first-order valence-electron chi connectivity index (χ1n) is 11.8. The Bertz CT molecular complexity index is 1260. The highest BCUT2D eigenvalue weighted by Gasteiger charge is 2.38. The SMILES string of the molecule is CCC(=O)N1CCc2cc(Br)c(S(=O)(=O)N3CCC[C@@H](C(=O)N4CCc5ccccc54)C3)cc21. The number of nitrogens with zero attached hydrogens (tertiary/aromatic N) is 3. The van der Waals surface area contributed by atoms with Crippen LogP contribution in [-0.2, 0) is 32.5 Å². The summed E-state index contributed by atoms with van der Waals surface area (Å²) in [5.41, 5.74) is 3.73. The third-order valence-corrected chi connectivity index (χ3v) is 9.96. The minimum atomic E-state index is -3.84. The van der Waals surface area contributed by atoms with E-state index in [1.165, 1.54) is 4.31 Å². The number of hydrogen-bond acceptors (Lipinski definition) is 4. The fourth-order valence-corrected chi connectivity index (χ4v) is 7.92. The monoisotopic (exact) mass is 545 g/mol. The number of halogens is 1. The number of rotatable bonds is 4. The molecule has 3 aliphatic rings. The van der Waals surface area contributed by atoms with Gasteiger partial charge in [0.05, 0.1) is 10.8 Å². The second-order valence-electron chi connectivity index (χ2n) is 9.13. The zero-order valence-electron chi connectivity index (χ0n) is 19.2. The number of carbonyl (C=O) groups excluding carboxylic acids is 2. The van der Waals surface area contributed by atoms with Gasteiger partial charge in [-0.25, -0.2) is 8.42 Å². The molecule has 2 aromatic rings. The summed E-state index contributed by atoms with van der Waals surface area (Å²) in [6.07, 6.45) is 3.21. The highest BCUT2D eigenvalue weighted by Crippen LogP contribution is 2.38. The number of sulfonamides is 1. The number of anilines is 2. The van der Waals surface area contributed by atoms with E-state index in [4.69, 9.17) is 0 Å². The molecule has 0 bridgehead atoms. The maximum Gasteiger partial charge on any atom is 0.244 e. The summed E-state index contributed by atoms with van der Waals surface area (Å²) in [4.78, 5) is 29.4. The van der Waals surface area contributed by atoms with Crippen molar-refractivity contribution in [2.45, 2.75) is 43.9 Å². The summed E-state index contributed by atoms with van der Waals surface area (Å²) >= 11 is 3.46. The molecule has 0 N–H and O–H groups in total. The van der Waals surface area contributed by atoms with Crippen molar-refractivity contribution < 1.29 is 18.0 Å². The lowest BCUT2D eigenvalue weighted by molar-refractivity contribution is -0.123. The number of amides is 2. The van der Waals surface area contributed by atoms with Gasteiger partial charge in [-0.1, -0.05) is 25.1 Å². The van der Waals surface area contributed by atoms with E-state index in [9.17, 15) is 18.0 Å². The van der Waals surface area contributed by atoms with Crippen molar-refractivity contribution in [3.05, 3.63) is 52.0 Å². The standard InChI is InChI=1S/C25H28BrN3O4S/c1-2-24(30)28-12-10-18-14-20(26)23(15-22(18)28)34(32,33)27-11-5-7-19(16-27)25(31)29-13-9-17-6-3-4-8-21(17)29/h3-4,6,8,14-15,19H,2,5,7,9-13,16H2,1H3/t19-/m1/s1. The van der Waals surface area contributed by atoms with E-state index in [2.05, 4.69) is 15.9 Å². The van der Waals surface area contributed by atoms with Crippen molar-refractivity contribution in [1.82, 2.24) is 4.31 Å². The molecule has 9 heteroatoms. The number of hydrogen-bond donors (Lipinski definition) is 0. The first kappa shape index (κ1) is 23.5. The van der Waals surface area contributed by atoms with E-state index in [-0.39, 0.29) is 29.2 Å². The molecule has 5 rings (SSSR count). The second-order valence-corrected chi connectivity index (χ2v) is 11.9. The summed E-state index contributed by atoms with van der Waals surface area (Å²) in [5.74, 6) is -0.391. The fourth-order valence-electron chi connectivity index (χ4n) is 5.32. The maximum absolute atomic E-state index is 13.7. The third kappa shape index (κ3) is 3.97. The lowest BCUT2D eigenvalue weighted by atomic mass is 9.98. The van der Waals surface area contributed by atoms with Gasteiger partial charge in [-0.15, -0.1) is 0 Å². The van der Waals surface area contributed by atoms with Gasteiger partial charge in [0.15, 0.2) is 0 Å². The number of para-hydroxylation sites is 1. The van der Waals surface area contributed by atoms with Crippen LogP contribution in [0.4, 0.5) is 11.4 Å². The Morgan fingerprint density at radius 2 is 1.74 bits per heavy atom. The van der Waals surface area contributed by atoms with Crippen molar-refractivity contribution in [2.24, 2.45) is 5.92 Å². The van der Waals surface area contributed by atoms with Crippen LogP contribution >= 0.6 is 15.9 Å². The van der Waals surface area contributed by atoms with Crippen LogP contribution in [0.5, 0.6) is 0 Å². The molecule has 1 fully saturated rings. The van der Waals surface area contributed by atoms with Crippen LogP contribution in [0.25, 0.3) is 0 Å². The third-order valence-electron chi connectivity index (χ3n) is 7.14. The molecule has 1 atom stereocenters. The van der Waals surface area contributed by atoms with Gasteiger partial charge in [-0.2, -0.15) is 4.31 Å². The average Bonchev–Trinajstić information content (AvgIpc) is 3.46. The van der Waals surface area contributed by atoms with Gasteiger partial charge in [0.1, 0.15) is 0 Å². The molecule has 180 valence electrons. The summed E-state index contributed by atoms with van der Waals surface area (Å²) in [5, 5.41) is 0. The minimum absolute atomic E-state index is 0.00223. The van der Waals surface area contributed by atoms with E-state index in [1.54, 1.807) is 17.9 Å². The van der Waals surface area contributed by atoms with Crippen LogP contribution in [0, 0.1) is 5.92 Å². The van der Waals surface area contributed by atoms with Crippen molar-refractivity contribution >= 4 is 49.1 Å². The van der Waals surface area contributed by atoms with Gasteiger partial charge in [-0.05, 0) is 70.9 Å². The number of carbonyl (C=O) groups is 2. The smallest absolute Gasteiger partial charge is 0.244 e. The normalized spacial score (nSPS) is 20.4. The van der Waals surface area contributed by atoms with E-state index in [0.29, 0.717) is 55.5 Å². The zero-order valence-corrected chi connectivity index (χ0v) is 21.6. The largest absolute Gasteiger partial charge is 0.312 e. The summed E-state index contributed by atoms with van der Waals surface area (Å²) < 4.78 is 29.4.